The number of rotatable bonds is 8. The number of aromatic nitrogens is 2. The SMILES string of the molecule is CCN(Cc1ccc(C(=O)NCc2ccc(-n3ccnc3)c(F)c2)cc1)C(C)C. The molecule has 0 fully saturated rings. The molecule has 0 radical (unpaired) electrons. The monoisotopic (exact) mass is 394 g/mol. The lowest BCUT2D eigenvalue weighted by Crippen LogP contribution is -2.30. The number of carbonyl (C=O) groups excluding carboxylic acids is 1. The molecule has 5 nitrogen and oxygen atoms in total. The molecule has 6 heteroatoms. The standard InChI is InChI=1S/C23H27FN4O/c1-4-27(17(2)3)15-18-5-8-20(9-6-18)23(29)26-14-19-7-10-22(21(24)13-19)28-12-11-25-16-28/h5-13,16-17H,4,14-15H2,1-3H3,(H,26,29). The Morgan fingerprint density at radius 2 is 1.90 bits per heavy atom. The van der Waals surface area contributed by atoms with E-state index in [2.05, 4.69) is 36.0 Å². The van der Waals surface area contributed by atoms with Crippen LogP contribution >= 0.6 is 0 Å². The van der Waals surface area contributed by atoms with Crippen LogP contribution in [-0.4, -0.2) is 32.9 Å². The molecule has 0 aliphatic heterocycles. The first-order valence-corrected chi connectivity index (χ1v) is 9.86. The van der Waals surface area contributed by atoms with Gasteiger partial charge in [-0.25, -0.2) is 9.37 Å². The summed E-state index contributed by atoms with van der Waals surface area (Å²) >= 11 is 0. The Balaban J connectivity index is 1.58. The molecule has 3 aromatic rings. The largest absolute Gasteiger partial charge is 0.348 e. The topological polar surface area (TPSA) is 50.2 Å². The summed E-state index contributed by atoms with van der Waals surface area (Å²) in [6.07, 6.45) is 4.83. The number of amides is 1. The van der Waals surface area contributed by atoms with Gasteiger partial charge >= 0.3 is 0 Å². The second-order valence-electron chi connectivity index (χ2n) is 7.29. The van der Waals surface area contributed by atoms with Crippen molar-refractivity contribution in [3.8, 4) is 5.69 Å². The maximum Gasteiger partial charge on any atom is 0.251 e. The second-order valence-corrected chi connectivity index (χ2v) is 7.29. The Bertz CT molecular complexity index is 936. The van der Waals surface area contributed by atoms with Crippen molar-refractivity contribution in [1.29, 1.82) is 0 Å². The van der Waals surface area contributed by atoms with Gasteiger partial charge in [0.25, 0.3) is 5.91 Å². The molecule has 152 valence electrons. The summed E-state index contributed by atoms with van der Waals surface area (Å²) in [7, 11) is 0. The number of halogens is 1. The summed E-state index contributed by atoms with van der Waals surface area (Å²) in [5.41, 5.74) is 2.90. The van der Waals surface area contributed by atoms with Gasteiger partial charge in [-0.05, 0) is 55.8 Å². The molecular weight excluding hydrogens is 367 g/mol. The molecule has 0 aliphatic carbocycles. The van der Waals surface area contributed by atoms with E-state index in [9.17, 15) is 9.18 Å². The number of hydrogen-bond acceptors (Lipinski definition) is 3. The Hall–Kier alpha value is -2.99. The van der Waals surface area contributed by atoms with Crippen molar-refractivity contribution in [3.05, 3.63) is 83.7 Å². The van der Waals surface area contributed by atoms with Crippen molar-refractivity contribution >= 4 is 5.91 Å². The minimum absolute atomic E-state index is 0.174. The number of carbonyl (C=O) groups is 1. The van der Waals surface area contributed by atoms with Gasteiger partial charge in [-0.3, -0.25) is 9.69 Å². The van der Waals surface area contributed by atoms with Gasteiger partial charge in [-0.1, -0.05) is 25.1 Å². The van der Waals surface area contributed by atoms with E-state index in [4.69, 9.17) is 0 Å². The molecule has 2 aromatic carbocycles. The third kappa shape index (κ3) is 5.29. The number of nitrogens with zero attached hydrogens (tertiary/aromatic N) is 3. The van der Waals surface area contributed by atoms with Gasteiger partial charge in [-0.15, -0.1) is 0 Å². The summed E-state index contributed by atoms with van der Waals surface area (Å²) in [6.45, 7) is 8.60. The van der Waals surface area contributed by atoms with Crippen molar-refractivity contribution < 1.29 is 9.18 Å². The Kier molecular flexibility index (Phi) is 6.77. The van der Waals surface area contributed by atoms with Crippen molar-refractivity contribution in [2.45, 2.75) is 39.9 Å². The fraction of sp³-hybridized carbons (Fsp3) is 0.304. The number of imidazole rings is 1. The zero-order valence-corrected chi connectivity index (χ0v) is 17.1. The first-order chi connectivity index (χ1) is 14.0. The molecule has 1 N–H and O–H groups in total. The Morgan fingerprint density at radius 1 is 1.17 bits per heavy atom. The van der Waals surface area contributed by atoms with Gasteiger partial charge in [0.1, 0.15) is 5.82 Å². The molecule has 1 aromatic heterocycles. The van der Waals surface area contributed by atoms with Crippen LogP contribution in [0.5, 0.6) is 0 Å². The minimum atomic E-state index is -0.357. The first-order valence-electron chi connectivity index (χ1n) is 9.86. The van der Waals surface area contributed by atoms with E-state index in [1.54, 1.807) is 35.4 Å². The summed E-state index contributed by atoms with van der Waals surface area (Å²) in [5, 5.41) is 2.85. The van der Waals surface area contributed by atoms with Crippen LogP contribution < -0.4 is 5.32 Å². The molecule has 0 saturated carbocycles. The van der Waals surface area contributed by atoms with E-state index < -0.39 is 0 Å². The van der Waals surface area contributed by atoms with E-state index >= 15 is 0 Å². The normalized spacial score (nSPS) is 11.2. The quantitative estimate of drug-likeness (QED) is 0.624. The van der Waals surface area contributed by atoms with Crippen molar-refractivity contribution in [2.75, 3.05) is 6.54 Å². The molecule has 0 spiro atoms. The molecule has 0 aliphatic rings. The summed E-state index contributed by atoms with van der Waals surface area (Å²) in [5.74, 6) is -0.531. The molecular formula is C23H27FN4O. The number of benzene rings is 2. The van der Waals surface area contributed by atoms with Gasteiger partial charge in [0, 0.05) is 37.1 Å². The van der Waals surface area contributed by atoms with E-state index in [1.807, 2.05) is 24.3 Å². The van der Waals surface area contributed by atoms with Crippen LogP contribution in [-0.2, 0) is 13.1 Å². The van der Waals surface area contributed by atoms with Crippen LogP contribution in [0.4, 0.5) is 4.39 Å². The lowest BCUT2D eigenvalue weighted by atomic mass is 10.1. The van der Waals surface area contributed by atoms with Gasteiger partial charge in [0.2, 0.25) is 0 Å². The lowest BCUT2D eigenvalue weighted by molar-refractivity contribution is 0.0951. The van der Waals surface area contributed by atoms with E-state index in [0.717, 1.165) is 13.1 Å². The maximum atomic E-state index is 14.3. The van der Waals surface area contributed by atoms with E-state index in [-0.39, 0.29) is 18.3 Å². The van der Waals surface area contributed by atoms with E-state index in [1.165, 1.54) is 11.6 Å². The van der Waals surface area contributed by atoms with Gasteiger partial charge in [-0.2, -0.15) is 0 Å². The van der Waals surface area contributed by atoms with Gasteiger partial charge in [0.15, 0.2) is 0 Å². The van der Waals surface area contributed by atoms with Crippen molar-refractivity contribution in [2.24, 2.45) is 0 Å². The number of hydrogen-bond donors (Lipinski definition) is 1. The Labute approximate surface area is 171 Å². The van der Waals surface area contributed by atoms with Crippen LogP contribution in [0, 0.1) is 5.82 Å². The predicted octanol–water partition coefficient (Wildman–Crippen LogP) is 4.17. The average Bonchev–Trinajstić information content (AvgIpc) is 3.25. The highest BCUT2D eigenvalue weighted by Gasteiger charge is 2.10. The van der Waals surface area contributed by atoms with Gasteiger partial charge < -0.3 is 9.88 Å². The summed E-state index contributed by atoms with van der Waals surface area (Å²) in [4.78, 5) is 18.7. The average molecular weight is 394 g/mol. The van der Waals surface area contributed by atoms with Crippen LogP contribution in [0.15, 0.2) is 61.2 Å². The lowest BCUT2D eigenvalue weighted by Gasteiger charge is -2.24. The zero-order valence-electron chi connectivity index (χ0n) is 17.1. The van der Waals surface area contributed by atoms with Crippen LogP contribution in [0.25, 0.3) is 5.69 Å². The minimum Gasteiger partial charge on any atom is -0.348 e. The third-order valence-electron chi connectivity index (χ3n) is 4.99. The fourth-order valence-corrected chi connectivity index (χ4v) is 3.21. The first kappa shape index (κ1) is 20.7. The van der Waals surface area contributed by atoms with Crippen LogP contribution in [0.1, 0.15) is 42.3 Å². The number of nitrogens with one attached hydrogen (secondary N) is 1. The highest BCUT2D eigenvalue weighted by molar-refractivity contribution is 5.94. The highest BCUT2D eigenvalue weighted by Crippen LogP contribution is 2.15. The summed E-state index contributed by atoms with van der Waals surface area (Å²) in [6, 6.07) is 13.0. The third-order valence-corrected chi connectivity index (χ3v) is 4.99. The molecule has 3 rings (SSSR count). The van der Waals surface area contributed by atoms with E-state index in [0.29, 0.717) is 22.9 Å². The molecule has 1 amide bonds. The predicted molar refractivity (Wildman–Crippen MR) is 112 cm³/mol. The van der Waals surface area contributed by atoms with Crippen molar-refractivity contribution in [3.63, 3.8) is 0 Å². The summed E-state index contributed by atoms with van der Waals surface area (Å²) < 4.78 is 15.9. The smallest absolute Gasteiger partial charge is 0.251 e. The second kappa shape index (κ2) is 9.47. The molecule has 0 atom stereocenters. The van der Waals surface area contributed by atoms with Crippen LogP contribution in [0.2, 0.25) is 0 Å². The molecule has 0 bridgehead atoms. The zero-order chi connectivity index (χ0) is 20.8. The Morgan fingerprint density at radius 3 is 2.48 bits per heavy atom. The molecule has 0 saturated heterocycles. The molecule has 1 heterocycles. The highest BCUT2D eigenvalue weighted by atomic mass is 19.1. The molecule has 0 unspecified atom stereocenters. The van der Waals surface area contributed by atoms with Crippen LogP contribution in [0.3, 0.4) is 0 Å². The van der Waals surface area contributed by atoms with Crippen molar-refractivity contribution in [1.82, 2.24) is 19.8 Å². The molecule has 29 heavy (non-hydrogen) atoms. The fourth-order valence-electron chi connectivity index (χ4n) is 3.21. The van der Waals surface area contributed by atoms with Gasteiger partial charge in [0.05, 0.1) is 12.0 Å². The maximum absolute atomic E-state index is 14.3.